The van der Waals surface area contributed by atoms with Crippen LogP contribution in [0.15, 0.2) is 16.9 Å². The highest BCUT2D eigenvalue weighted by molar-refractivity contribution is 5.94. The number of aromatic amines is 1. The number of phenols is 2. The molecule has 3 heterocycles. The van der Waals surface area contributed by atoms with E-state index in [4.69, 9.17) is 9.47 Å². The molecule has 0 radical (unpaired) electrons. The minimum Gasteiger partial charge on any atom is -0.504 e. The largest absolute Gasteiger partial charge is 0.504 e. The van der Waals surface area contributed by atoms with Crippen LogP contribution in [0.25, 0.3) is 0 Å². The van der Waals surface area contributed by atoms with Gasteiger partial charge in [0.1, 0.15) is 5.82 Å². The Balaban J connectivity index is 1.82. The van der Waals surface area contributed by atoms with Gasteiger partial charge in [-0.3, -0.25) is 19.4 Å². The van der Waals surface area contributed by atoms with Crippen molar-refractivity contribution in [3.05, 3.63) is 33.6 Å². The summed E-state index contributed by atoms with van der Waals surface area (Å²) in [6.07, 6.45) is 1.54. The summed E-state index contributed by atoms with van der Waals surface area (Å²) in [6, 6.07) is 2.93. The number of aromatic hydroxyl groups is 2. The summed E-state index contributed by atoms with van der Waals surface area (Å²) >= 11 is 0. The standard InChI is InChI=1S/C18H21N3O6/c1-26-13-7-9(6-12(22)16(13)24)11-8-14(23)19-17-15(11)18(25)20-21(17)10-2-4-27-5-3-10/h6-7,10-11,22,24H,2-5,8H2,1H3,(H,19,23)(H,20,25). The van der Waals surface area contributed by atoms with Crippen molar-refractivity contribution in [2.75, 3.05) is 25.6 Å². The quantitative estimate of drug-likeness (QED) is 0.601. The van der Waals surface area contributed by atoms with Crippen LogP contribution < -0.4 is 15.6 Å². The number of H-pyrrole nitrogens is 1. The summed E-state index contributed by atoms with van der Waals surface area (Å²) in [5.74, 6) is -0.983. The highest BCUT2D eigenvalue weighted by Crippen LogP contribution is 2.43. The van der Waals surface area contributed by atoms with E-state index in [0.717, 1.165) is 12.8 Å². The minimum atomic E-state index is -0.556. The Kier molecular flexibility index (Phi) is 4.31. The first-order valence-corrected chi connectivity index (χ1v) is 8.81. The first-order valence-electron chi connectivity index (χ1n) is 8.81. The number of amides is 1. The van der Waals surface area contributed by atoms with Gasteiger partial charge in [-0.05, 0) is 30.5 Å². The normalized spacial score (nSPS) is 20.2. The number of aromatic nitrogens is 2. The Morgan fingerprint density at radius 3 is 2.67 bits per heavy atom. The fourth-order valence-corrected chi connectivity index (χ4v) is 3.86. The molecule has 0 saturated carbocycles. The van der Waals surface area contributed by atoms with Gasteiger partial charge in [-0.1, -0.05) is 0 Å². The number of fused-ring (bicyclic) bond motifs is 1. The molecule has 1 aromatic carbocycles. The molecule has 27 heavy (non-hydrogen) atoms. The van der Waals surface area contributed by atoms with Gasteiger partial charge in [-0.25, -0.2) is 0 Å². The molecule has 0 aliphatic carbocycles. The van der Waals surface area contributed by atoms with Crippen molar-refractivity contribution in [3.8, 4) is 17.2 Å². The van der Waals surface area contributed by atoms with E-state index in [-0.39, 0.29) is 41.2 Å². The fraction of sp³-hybridized carbons (Fsp3) is 0.444. The monoisotopic (exact) mass is 375 g/mol. The molecule has 4 rings (SSSR count). The maximum absolute atomic E-state index is 12.7. The Bertz CT molecular complexity index is 941. The second-order valence-corrected chi connectivity index (χ2v) is 6.81. The molecule has 0 bridgehead atoms. The molecule has 4 N–H and O–H groups in total. The maximum atomic E-state index is 12.7. The van der Waals surface area contributed by atoms with E-state index in [1.54, 1.807) is 4.68 Å². The molecular formula is C18H21N3O6. The van der Waals surface area contributed by atoms with E-state index in [1.807, 2.05) is 0 Å². The number of carbonyl (C=O) groups is 1. The lowest BCUT2D eigenvalue weighted by Gasteiger charge is -2.28. The summed E-state index contributed by atoms with van der Waals surface area (Å²) in [7, 11) is 1.37. The molecule has 0 spiro atoms. The topological polar surface area (TPSA) is 126 Å². The van der Waals surface area contributed by atoms with E-state index < -0.39 is 5.92 Å². The third kappa shape index (κ3) is 2.93. The van der Waals surface area contributed by atoms with Crippen LogP contribution in [-0.4, -0.2) is 46.2 Å². The lowest BCUT2D eigenvalue weighted by Crippen LogP contribution is -2.28. The number of hydrogen-bond donors (Lipinski definition) is 4. The molecule has 2 aromatic rings. The molecule has 9 heteroatoms. The van der Waals surface area contributed by atoms with Crippen molar-refractivity contribution >= 4 is 11.7 Å². The number of ether oxygens (including phenoxy) is 2. The van der Waals surface area contributed by atoms with Crippen molar-refractivity contribution in [1.82, 2.24) is 9.78 Å². The Labute approximate surface area is 154 Å². The van der Waals surface area contributed by atoms with Crippen molar-refractivity contribution in [2.45, 2.75) is 31.2 Å². The Morgan fingerprint density at radius 1 is 1.22 bits per heavy atom. The highest BCUT2D eigenvalue weighted by Gasteiger charge is 2.35. The summed E-state index contributed by atoms with van der Waals surface area (Å²) in [6.45, 7) is 1.19. The molecule has 1 fully saturated rings. The Morgan fingerprint density at radius 2 is 1.96 bits per heavy atom. The van der Waals surface area contributed by atoms with Crippen LogP contribution in [0, 0.1) is 0 Å². The van der Waals surface area contributed by atoms with Gasteiger partial charge >= 0.3 is 0 Å². The van der Waals surface area contributed by atoms with Crippen LogP contribution in [0.2, 0.25) is 0 Å². The first kappa shape index (κ1) is 17.5. The summed E-state index contributed by atoms with van der Waals surface area (Å²) in [5, 5.41) is 25.5. The predicted octanol–water partition coefficient (Wildman–Crippen LogP) is 1.42. The van der Waals surface area contributed by atoms with Gasteiger partial charge in [-0.15, -0.1) is 0 Å². The summed E-state index contributed by atoms with van der Waals surface area (Å²) < 4.78 is 12.2. The van der Waals surface area contributed by atoms with Gasteiger partial charge in [0.15, 0.2) is 11.5 Å². The number of methoxy groups -OCH3 is 1. The molecule has 1 saturated heterocycles. The number of nitrogens with one attached hydrogen (secondary N) is 2. The highest BCUT2D eigenvalue weighted by atomic mass is 16.5. The van der Waals surface area contributed by atoms with Gasteiger partial charge in [-0.2, -0.15) is 0 Å². The number of rotatable bonds is 3. The lowest BCUT2D eigenvalue weighted by molar-refractivity contribution is -0.116. The van der Waals surface area contributed by atoms with Crippen molar-refractivity contribution < 1.29 is 24.5 Å². The van der Waals surface area contributed by atoms with Gasteiger partial charge < -0.3 is 25.0 Å². The van der Waals surface area contributed by atoms with E-state index in [0.29, 0.717) is 30.2 Å². The average Bonchev–Trinajstić information content (AvgIpc) is 3.00. The fourth-order valence-electron chi connectivity index (χ4n) is 3.86. The molecule has 1 amide bonds. The number of benzene rings is 1. The van der Waals surface area contributed by atoms with Crippen LogP contribution in [0.4, 0.5) is 5.82 Å². The number of anilines is 1. The van der Waals surface area contributed by atoms with E-state index in [1.165, 1.54) is 19.2 Å². The van der Waals surface area contributed by atoms with Crippen LogP contribution >= 0.6 is 0 Å². The minimum absolute atomic E-state index is 0.0389. The van der Waals surface area contributed by atoms with Crippen LogP contribution in [-0.2, 0) is 9.53 Å². The van der Waals surface area contributed by atoms with Crippen LogP contribution in [0.3, 0.4) is 0 Å². The van der Waals surface area contributed by atoms with Gasteiger partial charge in [0, 0.05) is 25.6 Å². The first-order chi connectivity index (χ1) is 13.0. The van der Waals surface area contributed by atoms with Crippen molar-refractivity contribution in [1.29, 1.82) is 0 Å². The van der Waals surface area contributed by atoms with E-state index >= 15 is 0 Å². The molecule has 9 nitrogen and oxygen atoms in total. The van der Waals surface area contributed by atoms with Gasteiger partial charge in [0.05, 0.1) is 18.7 Å². The predicted molar refractivity (Wildman–Crippen MR) is 95.6 cm³/mol. The molecule has 2 aliphatic heterocycles. The second kappa shape index (κ2) is 6.66. The molecule has 144 valence electrons. The van der Waals surface area contributed by atoms with E-state index in [9.17, 15) is 19.8 Å². The number of phenolic OH excluding ortho intramolecular Hbond substituents is 2. The summed E-state index contributed by atoms with van der Waals surface area (Å²) in [4.78, 5) is 25.1. The third-order valence-corrected chi connectivity index (χ3v) is 5.21. The van der Waals surface area contributed by atoms with Crippen LogP contribution in [0.5, 0.6) is 17.2 Å². The van der Waals surface area contributed by atoms with Gasteiger partial charge in [0.25, 0.3) is 5.56 Å². The van der Waals surface area contributed by atoms with Crippen molar-refractivity contribution in [3.63, 3.8) is 0 Å². The second-order valence-electron chi connectivity index (χ2n) is 6.81. The lowest BCUT2D eigenvalue weighted by atomic mass is 9.86. The SMILES string of the molecule is COc1cc(C2CC(=O)Nc3c2c(=O)[nH]n3C2CCOCC2)cc(O)c1O. The zero-order valence-electron chi connectivity index (χ0n) is 14.8. The third-order valence-electron chi connectivity index (χ3n) is 5.21. The maximum Gasteiger partial charge on any atom is 0.270 e. The average molecular weight is 375 g/mol. The van der Waals surface area contributed by atoms with Crippen LogP contribution in [0.1, 0.15) is 42.3 Å². The molecular weight excluding hydrogens is 354 g/mol. The molecule has 1 unspecified atom stereocenters. The Hall–Kier alpha value is -2.94. The molecule has 1 atom stereocenters. The molecule has 2 aliphatic rings. The van der Waals surface area contributed by atoms with E-state index in [2.05, 4.69) is 10.4 Å². The zero-order chi connectivity index (χ0) is 19.1. The number of nitrogens with zero attached hydrogens (tertiary/aromatic N) is 1. The number of hydrogen-bond acceptors (Lipinski definition) is 6. The van der Waals surface area contributed by atoms with Crippen molar-refractivity contribution in [2.24, 2.45) is 0 Å². The number of carbonyl (C=O) groups excluding carboxylic acids is 1. The smallest absolute Gasteiger partial charge is 0.270 e. The zero-order valence-corrected chi connectivity index (χ0v) is 14.8. The summed E-state index contributed by atoms with van der Waals surface area (Å²) in [5.41, 5.74) is 0.676. The molecule has 1 aromatic heterocycles. The van der Waals surface area contributed by atoms with Gasteiger partial charge in [0.2, 0.25) is 11.7 Å².